The Morgan fingerprint density at radius 2 is 2.13 bits per heavy atom. The van der Waals surface area contributed by atoms with Gasteiger partial charge in [-0.3, -0.25) is 4.79 Å². The summed E-state index contributed by atoms with van der Waals surface area (Å²) in [4.78, 5) is 27.2. The van der Waals surface area contributed by atoms with E-state index >= 15 is 0 Å². The molecule has 1 amide bonds. The predicted molar refractivity (Wildman–Crippen MR) is 90.2 cm³/mol. The summed E-state index contributed by atoms with van der Waals surface area (Å²) in [6, 6.07) is 3.80. The first-order valence-corrected chi connectivity index (χ1v) is 8.05. The summed E-state index contributed by atoms with van der Waals surface area (Å²) in [5, 5.41) is 2.88. The molecule has 0 saturated heterocycles. The highest BCUT2D eigenvalue weighted by atomic mass is 79.9. The number of benzene rings is 1. The molecule has 23 heavy (non-hydrogen) atoms. The number of hydrogen-bond donors (Lipinski definition) is 2. The van der Waals surface area contributed by atoms with Crippen molar-refractivity contribution in [3.05, 3.63) is 50.8 Å². The molecule has 0 radical (unpaired) electrons. The lowest BCUT2D eigenvalue weighted by Crippen LogP contribution is -2.16. The number of ether oxygens (including phenoxy) is 1. The van der Waals surface area contributed by atoms with E-state index in [0.29, 0.717) is 24.2 Å². The fraction of sp³-hybridized carbons (Fsp3) is 0.176. The van der Waals surface area contributed by atoms with Crippen LogP contribution in [0.15, 0.2) is 22.8 Å². The number of carbonyl (C=O) groups excluding carboxylic acids is 2. The summed E-state index contributed by atoms with van der Waals surface area (Å²) in [5.41, 5.74) is 5.55. The third-order valence-corrected chi connectivity index (χ3v) is 5.14. The maximum Gasteiger partial charge on any atom is 0.339 e. The lowest BCUT2D eigenvalue weighted by molar-refractivity contribution is -0.110. The average Bonchev–Trinajstić information content (AvgIpc) is 3.07. The van der Waals surface area contributed by atoms with Crippen molar-refractivity contribution in [3.8, 4) is 0 Å². The fourth-order valence-electron chi connectivity index (χ4n) is 3.10. The first-order valence-electron chi connectivity index (χ1n) is 7.26. The summed E-state index contributed by atoms with van der Waals surface area (Å²) in [6.45, 7) is 2.34. The molecule has 0 aliphatic carbocycles. The molecule has 0 spiro atoms. The van der Waals surface area contributed by atoms with Gasteiger partial charge < -0.3 is 15.0 Å². The Labute approximate surface area is 140 Å². The van der Waals surface area contributed by atoms with E-state index in [0.717, 1.165) is 32.5 Å². The predicted octanol–water partition coefficient (Wildman–Crippen LogP) is 3.29. The molecule has 6 heteroatoms. The topological polar surface area (TPSA) is 71.2 Å². The number of anilines is 1. The SMILES string of the molecule is Cc1c(Br)ccc2c1/C(=C/c1[nH]cc3c1CCOC3=O)C(=O)N2. The zero-order valence-electron chi connectivity index (χ0n) is 12.3. The largest absolute Gasteiger partial charge is 0.462 e. The molecule has 1 aromatic heterocycles. The van der Waals surface area contributed by atoms with E-state index in [1.165, 1.54) is 0 Å². The van der Waals surface area contributed by atoms with Gasteiger partial charge in [-0.05, 0) is 36.3 Å². The van der Waals surface area contributed by atoms with Gasteiger partial charge in [0.05, 0.1) is 17.7 Å². The van der Waals surface area contributed by atoms with E-state index in [1.807, 2.05) is 25.1 Å². The zero-order chi connectivity index (χ0) is 16.1. The molecule has 116 valence electrons. The van der Waals surface area contributed by atoms with Crippen molar-refractivity contribution in [2.75, 3.05) is 11.9 Å². The van der Waals surface area contributed by atoms with E-state index in [2.05, 4.69) is 26.2 Å². The summed E-state index contributed by atoms with van der Waals surface area (Å²) in [5.74, 6) is -0.453. The Bertz CT molecular complexity index is 895. The number of amides is 1. The molecule has 3 heterocycles. The van der Waals surface area contributed by atoms with Crippen LogP contribution in [0.1, 0.15) is 32.7 Å². The number of aromatic nitrogens is 1. The van der Waals surface area contributed by atoms with Crippen molar-refractivity contribution < 1.29 is 14.3 Å². The van der Waals surface area contributed by atoms with Gasteiger partial charge >= 0.3 is 5.97 Å². The third kappa shape index (κ3) is 2.13. The van der Waals surface area contributed by atoms with Crippen molar-refractivity contribution in [2.24, 2.45) is 0 Å². The maximum absolute atomic E-state index is 12.4. The van der Waals surface area contributed by atoms with E-state index in [1.54, 1.807) is 6.20 Å². The second-order valence-electron chi connectivity index (χ2n) is 5.59. The van der Waals surface area contributed by atoms with E-state index in [-0.39, 0.29) is 11.9 Å². The van der Waals surface area contributed by atoms with Crippen LogP contribution in [0.2, 0.25) is 0 Å². The Hall–Kier alpha value is -2.34. The minimum atomic E-state index is -0.317. The molecule has 5 nitrogen and oxygen atoms in total. The van der Waals surface area contributed by atoms with Crippen LogP contribution < -0.4 is 5.32 Å². The highest BCUT2D eigenvalue weighted by Crippen LogP contribution is 2.39. The van der Waals surface area contributed by atoms with Crippen LogP contribution in [0.4, 0.5) is 5.69 Å². The molecule has 0 atom stereocenters. The molecule has 2 N–H and O–H groups in total. The number of nitrogens with one attached hydrogen (secondary N) is 2. The standard InChI is InChI=1S/C17H13BrN2O3/c1-8-12(18)2-3-13-15(8)10(16(21)20-13)6-14-9-4-5-23-17(22)11(9)7-19-14/h2-3,6-7,19H,4-5H2,1H3,(H,20,21)/b10-6-. The highest BCUT2D eigenvalue weighted by Gasteiger charge is 2.28. The normalized spacial score (nSPS) is 17.7. The molecular formula is C17H13BrN2O3. The smallest absolute Gasteiger partial charge is 0.339 e. The van der Waals surface area contributed by atoms with Crippen molar-refractivity contribution in [3.63, 3.8) is 0 Å². The minimum Gasteiger partial charge on any atom is -0.462 e. The fourth-order valence-corrected chi connectivity index (χ4v) is 3.43. The monoisotopic (exact) mass is 372 g/mol. The number of H-pyrrole nitrogens is 1. The van der Waals surface area contributed by atoms with Crippen molar-refractivity contribution in [2.45, 2.75) is 13.3 Å². The summed E-state index contributed by atoms with van der Waals surface area (Å²) in [6.07, 6.45) is 4.11. The summed E-state index contributed by atoms with van der Waals surface area (Å²) >= 11 is 3.51. The summed E-state index contributed by atoms with van der Waals surface area (Å²) < 4.78 is 5.99. The Morgan fingerprint density at radius 3 is 2.96 bits per heavy atom. The van der Waals surface area contributed by atoms with Gasteiger partial charge in [-0.15, -0.1) is 0 Å². The molecule has 2 aromatic rings. The van der Waals surface area contributed by atoms with Gasteiger partial charge in [0.25, 0.3) is 5.91 Å². The lowest BCUT2D eigenvalue weighted by atomic mass is 9.98. The van der Waals surface area contributed by atoms with Gasteiger partial charge in [-0.25, -0.2) is 4.79 Å². The molecule has 4 rings (SSSR count). The van der Waals surface area contributed by atoms with Crippen LogP contribution in [0.25, 0.3) is 11.6 Å². The molecule has 0 bridgehead atoms. The van der Waals surface area contributed by atoms with Crippen molar-refractivity contribution in [1.29, 1.82) is 0 Å². The van der Waals surface area contributed by atoms with Gasteiger partial charge in [0, 0.05) is 34.0 Å². The van der Waals surface area contributed by atoms with Gasteiger partial charge in [0.2, 0.25) is 0 Å². The first-order chi connectivity index (χ1) is 11.1. The molecular weight excluding hydrogens is 360 g/mol. The Kier molecular flexibility index (Phi) is 3.16. The second-order valence-corrected chi connectivity index (χ2v) is 6.44. The van der Waals surface area contributed by atoms with Gasteiger partial charge in [-0.2, -0.15) is 0 Å². The highest BCUT2D eigenvalue weighted by molar-refractivity contribution is 9.10. The Morgan fingerprint density at radius 1 is 1.30 bits per heavy atom. The number of esters is 1. The summed E-state index contributed by atoms with van der Waals surface area (Å²) in [7, 11) is 0. The average molecular weight is 373 g/mol. The number of aromatic amines is 1. The van der Waals surface area contributed by atoms with Crippen LogP contribution in [0.3, 0.4) is 0 Å². The lowest BCUT2D eigenvalue weighted by Gasteiger charge is -2.12. The van der Waals surface area contributed by atoms with Crippen molar-refractivity contribution in [1.82, 2.24) is 4.98 Å². The molecule has 0 unspecified atom stereocenters. The minimum absolute atomic E-state index is 0.136. The van der Waals surface area contributed by atoms with Crippen LogP contribution in [-0.2, 0) is 16.0 Å². The maximum atomic E-state index is 12.4. The van der Waals surface area contributed by atoms with Gasteiger partial charge in [0.15, 0.2) is 0 Å². The quantitative estimate of drug-likeness (QED) is 0.595. The molecule has 2 aliphatic rings. The third-order valence-electron chi connectivity index (χ3n) is 4.28. The van der Waals surface area contributed by atoms with Crippen molar-refractivity contribution >= 4 is 45.1 Å². The van der Waals surface area contributed by atoms with Crippen LogP contribution in [0.5, 0.6) is 0 Å². The van der Waals surface area contributed by atoms with Gasteiger partial charge in [-0.1, -0.05) is 15.9 Å². The molecule has 2 aliphatic heterocycles. The van der Waals surface area contributed by atoms with Gasteiger partial charge in [0.1, 0.15) is 0 Å². The van der Waals surface area contributed by atoms with Crippen LogP contribution in [0, 0.1) is 6.92 Å². The van der Waals surface area contributed by atoms with Crippen LogP contribution in [-0.4, -0.2) is 23.5 Å². The Balaban J connectivity index is 1.87. The number of carbonyl (C=O) groups is 2. The van der Waals surface area contributed by atoms with E-state index in [4.69, 9.17) is 4.74 Å². The van der Waals surface area contributed by atoms with E-state index < -0.39 is 0 Å². The zero-order valence-corrected chi connectivity index (χ0v) is 13.9. The number of hydrogen-bond acceptors (Lipinski definition) is 3. The number of rotatable bonds is 1. The number of cyclic esters (lactones) is 1. The van der Waals surface area contributed by atoms with E-state index in [9.17, 15) is 9.59 Å². The number of halogens is 1. The molecule has 0 saturated carbocycles. The second kappa shape index (κ2) is 5.09. The first kappa shape index (κ1) is 14.3. The van der Waals surface area contributed by atoms with Crippen LogP contribution >= 0.6 is 15.9 Å². The number of fused-ring (bicyclic) bond motifs is 2. The molecule has 0 fully saturated rings. The molecule has 1 aromatic carbocycles.